The molecular formula is C15H19F3N2O. The second-order valence-electron chi connectivity index (χ2n) is 5.46. The largest absolute Gasteiger partial charge is 0.393 e. The SMILES string of the molecule is N[C@H](Cc1ccccc1)C(=O)N1CCCC(C(F)(F)F)C1. The van der Waals surface area contributed by atoms with E-state index in [2.05, 4.69) is 0 Å². The van der Waals surface area contributed by atoms with Crippen LogP contribution in [-0.4, -0.2) is 36.1 Å². The standard InChI is InChI=1S/C15H19F3N2O/c16-15(17,18)12-7-4-8-20(10-12)14(21)13(19)9-11-5-2-1-3-6-11/h1-3,5-6,12-13H,4,7-10,19H2/t12?,13-/m1/s1. The molecule has 0 aliphatic carbocycles. The lowest BCUT2D eigenvalue weighted by Crippen LogP contribution is -2.51. The van der Waals surface area contributed by atoms with Gasteiger partial charge in [0.05, 0.1) is 12.0 Å². The molecule has 1 unspecified atom stereocenters. The Morgan fingerprint density at radius 3 is 2.62 bits per heavy atom. The van der Waals surface area contributed by atoms with Crippen LogP contribution in [0, 0.1) is 5.92 Å². The minimum atomic E-state index is -4.25. The molecule has 0 aromatic heterocycles. The van der Waals surface area contributed by atoms with E-state index < -0.39 is 24.0 Å². The number of rotatable bonds is 3. The summed E-state index contributed by atoms with van der Waals surface area (Å²) in [4.78, 5) is 13.5. The third-order valence-corrected chi connectivity index (χ3v) is 3.81. The Labute approximate surface area is 121 Å². The van der Waals surface area contributed by atoms with Crippen LogP contribution in [0.5, 0.6) is 0 Å². The quantitative estimate of drug-likeness (QED) is 0.931. The lowest BCUT2D eigenvalue weighted by molar-refractivity contribution is -0.188. The van der Waals surface area contributed by atoms with Gasteiger partial charge in [-0.2, -0.15) is 13.2 Å². The summed E-state index contributed by atoms with van der Waals surface area (Å²) in [5.74, 6) is -1.83. The molecule has 6 heteroatoms. The van der Waals surface area contributed by atoms with Crippen molar-refractivity contribution in [2.45, 2.75) is 31.5 Å². The monoisotopic (exact) mass is 300 g/mol. The van der Waals surface area contributed by atoms with Crippen molar-refractivity contribution in [1.82, 2.24) is 4.90 Å². The highest BCUT2D eigenvalue weighted by Gasteiger charge is 2.43. The molecule has 1 heterocycles. The number of carbonyl (C=O) groups is 1. The molecule has 0 radical (unpaired) electrons. The predicted octanol–water partition coefficient (Wildman–Crippen LogP) is 2.36. The molecule has 1 saturated heterocycles. The second-order valence-corrected chi connectivity index (χ2v) is 5.46. The van der Waals surface area contributed by atoms with E-state index in [4.69, 9.17) is 5.73 Å². The zero-order valence-electron chi connectivity index (χ0n) is 11.6. The first kappa shape index (κ1) is 15.8. The Bertz CT molecular complexity index is 476. The van der Waals surface area contributed by atoms with Crippen LogP contribution in [0.1, 0.15) is 18.4 Å². The van der Waals surface area contributed by atoms with Crippen molar-refractivity contribution < 1.29 is 18.0 Å². The van der Waals surface area contributed by atoms with Crippen molar-refractivity contribution in [1.29, 1.82) is 0 Å². The Balaban J connectivity index is 1.96. The highest BCUT2D eigenvalue weighted by molar-refractivity contribution is 5.82. The van der Waals surface area contributed by atoms with Gasteiger partial charge >= 0.3 is 6.18 Å². The summed E-state index contributed by atoms with van der Waals surface area (Å²) in [5.41, 5.74) is 6.77. The molecule has 1 aromatic rings. The van der Waals surface area contributed by atoms with Gasteiger partial charge in [-0.1, -0.05) is 30.3 Å². The van der Waals surface area contributed by atoms with Crippen LogP contribution in [0.15, 0.2) is 30.3 Å². The highest BCUT2D eigenvalue weighted by atomic mass is 19.4. The number of hydrogen-bond donors (Lipinski definition) is 1. The zero-order chi connectivity index (χ0) is 15.5. The molecule has 21 heavy (non-hydrogen) atoms. The lowest BCUT2D eigenvalue weighted by Gasteiger charge is -2.35. The van der Waals surface area contributed by atoms with Gasteiger partial charge in [-0.05, 0) is 24.8 Å². The van der Waals surface area contributed by atoms with E-state index in [9.17, 15) is 18.0 Å². The van der Waals surface area contributed by atoms with E-state index in [0.29, 0.717) is 19.4 Å². The Kier molecular flexibility index (Phi) is 4.88. The topological polar surface area (TPSA) is 46.3 Å². The minimum absolute atomic E-state index is 0.0845. The summed E-state index contributed by atoms with van der Waals surface area (Å²) in [5, 5.41) is 0. The van der Waals surface area contributed by atoms with Crippen LogP contribution >= 0.6 is 0 Å². The van der Waals surface area contributed by atoms with Crippen LogP contribution in [0.25, 0.3) is 0 Å². The molecule has 2 atom stereocenters. The predicted molar refractivity (Wildman–Crippen MR) is 73.5 cm³/mol. The van der Waals surface area contributed by atoms with Gasteiger partial charge in [0.2, 0.25) is 5.91 Å². The normalized spacial score (nSPS) is 21.1. The first-order chi connectivity index (χ1) is 9.88. The van der Waals surface area contributed by atoms with Crippen molar-refractivity contribution >= 4 is 5.91 Å². The molecule has 1 aliphatic heterocycles. The van der Waals surface area contributed by atoms with Gasteiger partial charge in [0.1, 0.15) is 0 Å². The number of nitrogens with zero attached hydrogens (tertiary/aromatic N) is 1. The second kappa shape index (κ2) is 6.47. The number of hydrogen-bond acceptors (Lipinski definition) is 2. The Morgan fingerprint density at radius 1 is 1.33 bits per heavy atom. The summed E-state index contributed by atoms with van der Waals surface area (Å²) < 4.78 is 38.3. The molecule has 1 amide bonds. The lowest BCUT2D eigenvalue weighted by atomic mass is 9.96. The molecule has 0 bridgehead atoms. The van der Waals surface area contributed by atoms with Crippen molar-refractivity contribution in [3.8, 4) is 0 Å². The van der Waals surface area contributed by atoms with E-state index in [1.54, 1.807) is 0 Å². The van der Waals surface area contributed by atoms with Crippen LogP contribution in [-0.2, 0) is 11.2 Å². The third-order valence-electron chi connectivity index (χ3n) is 3.81. The number of amides is 1. The number of benzene rings is 1. The number of likely N-dealkylation sites (tertiary alicyclic amines) is 1. The molecule has 1 aromatic carbocycles. The van der Waals surface area contributed by atoms with Gasteiger partial charge in [-0.25, -0.2) is 0 Å². The fourth-order valence-electron chi connectivity index (χ4n) is 2.63. The number of carbonyl (C=O) groups excluding carboxylic acids is 1. The molecule has 116 valence electrons. The van der Waals surface area contributed by atoms with Crippen molar-refractivity contribution in [2.24, 2.45) is 11.7 Å². The first-order valence-corrected chi connectivity index (χ1v) is 7.03. The van der Waals surface area contributed by atoms with Crippen LogP contribution in [0.4, 0.5) is 13.2 Å². The maximum atomic E-state index is 12.8. The molecule has 1 aliphatic rings. The molecule has 1 fully saturated rings. The first-order valence-electron chi connectivity index (χ1n) is 7.03. The zero-order valence-corrected chi connectivity index (χ0v) is 11.6. The van der Waals surface area contributed by atoms with E-state index in [-0.39, 0.29) is 13.0 Å². The van der Waals surface area contributed by atoms with Gasteiger partial charge in [-0.15, -0.1) is 0 Å². The maximum Gasteiger partial charge on any atom is 0.393 e. The van der Waals surface area contributed by atoms with Crippen LogP contribution in [0.3, 0.4) is 0 Å². The number of halogens is 3. The summed E-state index contributed by atoms with van der Waals surface area (Å²) in [6.45, 7) is 0.0821. The average molecular weight is 300 g/mol. The van der Waals surface area contributed by atoms with Crippen LogP contribution in [0.2, 0.25) is 0 Å². The molecule has 0 spiro atoms. The van der Waals surface area contributed by atoms with E-state index in [1.165, 1.54) is 4.90 Å². The van der Waals surface area contributed by atoms with E-state index in [1.807, 2.05) is 30.3 Å². The van der Waals surface area contributed by atoms with Crippen LogP contribution < -0.4 is 5.73 Å². The fourth-order valence-corrected chi connectivity index (χ4v) is 2.63. The molecule has 0 saturated carbocycles. The Morgan fingerprint density at radius 2 is 2.00 bits per heavy atom. The summed E-state index contributed by atoms with van der Waals surface area (Å²) in [7, 11) is 0. The summed E-state index contributed by atoms with van der Waals surface area (Å²) >= 11 is 0. The van der Waals surface area contributed by atoms with Gasteiger partial charge in [0.25, 0.3) is 0 Å². The molecule has 2 rings (SSSR count). The van der Waals surface area contributed by atoms with E-state index in [0.717, 1.165) is 5.56 Å². The minimum Gasteiger partial charge on any atom is -0.341 e. The highest BCUT2D eigenvalue weighted by Crippen LogP contribution is 2.33. The maximum absolute atomic E-state index is 12.8. The number of piperidine rings is 1. The Hall–Kier alpha value is -1.56. The molecule has 3 nitrogen and oxygen atoms in total. The number of alkyl halides is 3. The third kappa shape index (κ3) is 4.20. The van der Waals surface area contributed by atoms with E-state index >= 15 is 0 Å². The van der Waals surface area contributed by atoms with Gasteiger partial charge < -0.3 is 10.6 Å². The number of nitrogens with two attached hydrogens (primary N) is 1. The van der Waals surface area contributed by atoms with Crippen molar-refractivity contribution in [2.75, 3.05) is 13.1 Å². The molecule has 2 N–H and O–H groups in total. The van der Waals surface area contributed by atoms with Gasteiger partial charge in [-0.3, -0.25) is 4.79 Å². The fraction of sp³-hybridized carbons (Fsp3) is 0.533. The van der Waals surface area contributed by atoms with Crippen molar-refractivity contribution in [3.05, 3.63) is 35.9 Å². The summed E-state index contributed by atoms with van der Waals surface area (Å²) in [6, 6.07) is 8.44. The van der Waals surface area contributed by atoms with Gasteiger partial charge in [0.15, 0.2) is 0 Å². The van der Waals surface area contributed by atoms with Gasteiger partial charge in [0, 0.05) is 13.1 Å². The summed E-state index contributed by atoms with van der Waals surface area (Å²) in [6.07, 6.45) is -3.45. The average Bonchev–Trinajstić information content (AvgIpc) is 2.46. The van der Waals surface area contributed by atoms with Crippen molar-refractivity contribution in [3.63, 3.8) is 0 Å². The molecular weight excluding hydrogens is 281 g/mol. The smallest absolute Gasteiger partial charge is 0.341 e.